The van der Waals surface area contributed by atoms with Crippen LogP contribution in [0.2, 0.25) is 0 Å². The van der Waals surface area contributed by atoms with Gasteiger partial charge < -0.3 is 0 Å². The minimum Gasteiger partial charge on any atom is -0.261 e. The van der Waals surface area contributed by atoms with Crippen molar-refractivity contribution in [2.75, 3.05) is 7.05 Å². The van der Waals surface area contributed by atoms with Gasteiger partial charge in [-0.25, -0.2) is 13.5 Å². The molecule has 3 nitrogen and oxygen atoms in total. The third-order valence-electron chi connectivity index (χ3n) is 3.20. The van der Waals surface area contributed by atoms with Crippen molar-refractivity contribution >= 4 is 17.6 Å². The van der Waals surface area contributed by atoms with E-state index in [2.05, 4.69) is 10.1 Å². The molecule has 0 saturated heterocycles. The molecule has 2 aromatic carbocycles. The quantitative estimate of drug-likeness (QED) is 0.652. The number of rotatable bonds is 3. The first-order valence-corrected chi connectivity index (χ1v) is 7.75. The molecule has 3 aromatic rings. The molecule has 0 spiro atoms. The van der Waals surface area contributed by atoms with Gasteiger partial charge in [0.2, 0.25) is 4.80 Å². The SMILES string of the molecule is CN=c1scc(-c2ccccc2F)n1/N=C\c1cccc(F)c1. The molecule has 0 aliphatic carbocycles. The first-order chi connectivity index (χ1) is 11.2. The van der Waals surface area contributed by atoms with Crippen molar-refractivity contribution in [2.45, 2.75) is 0 Å². The minimum atomic E-state index is -0.334. The topological polar surface area (TPSA) is 29.6 Å². The highest BCUT2D eigenvalue weighted by atomic mass is 32.1. The number of aromatic nitrogens is 1. The number of nitrogens with zero attached hydrogens (tertiary/aromatic N) is 3. The van der Waals surface area contributed by atoms with Gasteiger partial charge in [0.05, 0.1) is 11.9 Å². The highest BCUT2D eigenvalue weighted by molar-refractivity contribution is 7.07. The summed E-state index contributed by atoms with van der Waals surface area (Å²) in [4.78, 5) is 4.77. The normalized spacial score (nSPS) is 12.2. The fourth-order valence-corrected chi connectivity index (χ4v) is 2.92. The summed E-state index contributed by atoms with van der Waals surface area (Å²) in [7, 11) is 1.64. The van der Waals surface area contributed by atoms with Crippen molar-refractivity contribution in [1.82, 2.24) is 4.68 Å². The van der Waals surface area contributed by atoms with Gasteiger partial charge in [0.25, 0.3) is 0 Å². The monoisotopic (exact) mass is 329 g/mol. The molecule has 3 rings (SSSR count). The van der Waals surface area contributed by atoms with E-state index in [1.165, 1.54) is 35.8 Å². The number of hydrogen-bond donors (Lipinski definition) is 0. The number of thiazole rings is 1. The van der Waals surface area contributed by atoms with Gasteiger partial charge in [-0.05, 0) is 29.8 Å². The maximum Gasteiger partial charge on any atom is 0.205 e. The van der Waals surface area contributed by atoms with Gasteiger partial charge >= 0.3 is 0 Å². The zero-order chi connectivity index (χ0) is 16.2. The molecule has 6 heteroatoms. The second kappa shape index (κ2) is 6.66. The predicted molar refractivity (Wildman–Crippen MR) is 88.6 cm³/mol. The Hall–Kier alpha value is -2.60. The van der Waals surface area contributed by atoms with Gasteiger partial charge in [0, 0.05) is 18.0 Å². The minimum absolute atomic E-state index is 0.331. The molecule has 0 unspecified atom stereocenters. The Morgan fingerprint density at radius 3 is 2.65 bits per heavy atom. The summed E-state index contributed by atoms with van der Waals surface area (Å²) in [5.41, 5.74) is 1.65. The van der Waals surface area contributed by atoms with E-state index < -0.39 is 0 Å². The summed E-state index contributed by atoms with van der Waals surface area (Å²) in [5.74, 6) is -0.665. The molecule has 0 aliphatic rings. The molecule has 1 heterocycles. The van der Waals surface area contributed by atoms with Crippen LogP contribution >= 0.6 is 11.3 Å². The Balaban J connectivity index is 2.09. The van der Waals surface area contributed by atoms with Crippen molar-refractivity contribution in [2.24, 2.45) is 10.1 Å². The molecule has 1 aromatic heterocycles. The highest BCUT2D eigenvalue weighted by Gasteiger charge is 2.10. The van der Waals surface area contributed by atoms with E-state index in [0.29, 0.717) is 21.6 Å². The molecule has 0 atom stereocenters. The van der Waals surface area contributed by atoms with Crippen LogP contribution < -0.4 is 4.80 Å². The van der Waals surface area contributed by atoms with Crippen LogP contribution in [0.5, 0.6) is 0 Å². The predicted octanol–water partition coefficient (Wildman–Crippen LogP) is 3.91. The Bertz CT molecular complexity index is 925. The van der Waals surface area contributed by atoms with Crippen LogP contribution in [0.4, 0.5) is 8.78 Å². The van der Waals surface area contributed by atoms with Crippen molar-refractivity contribution in [3.63, 3.8) is 0 Å². The van der Waals surface area contributed by atoms with Crippen LogP contribution in [0, 0.1) is 11.6 Å². The number of hydrogen-bond acceptors (Lipinski definition) is 3. The van der Waals surface area contributed by atoms with E-state index in [-0.39, 0.29) is 11.6 Å². The van der Waals surface area contributed by atoms with E-state index in [1.54, 1.807) is 47.4 Å². The van der Waals surface area contributed by atoms with E-state index in [0.717, 1.165) is 0 Å². The van der Waals surface area contributed by atoms with E-state index in [9.17, 15) is 8.78 Å². The summed E-state index contributed by atoms with van der Waals surface area (Å²) in [5, 5.41) is 6.14. The molecule has 116 valence electrons. The first kappa shape index (κ1) is 15.3. The zero-order valence-corrected chi connectivity index (χ0v) is 13.1. The molecule has 0 aliphatic heterocycles. The van der Waals surface area contributed by atoms with Crippen LogP contribution in [0.25, 0.3) is 11.3 Å². The van der Waals surface area contributed by atoms with Gasteiger partial charge in [-0.1, -0.05) is 24.3 Å². The number of halogens is 2. The third-order valence-corrected chi connectivity index (χ3v) is 4.10. The lowest BCUT2D eigenvalue weighted by atomic mass is 10.1. The molecule has 0 N–H and O–H groups in total. The van der Waals surface area contributed by atoms with Crippen LogP contribution in [-0.2, 0) is 0 Å². The molecular formula is C17H13F2N3S. The van der Waals surface area contributed by atoms with Gasteiger partial charge in [-0.15, -0.1) is 11.3 Å². The maximum atomic E-state index is 14.0. The van der Waals surface area contributed by atoms with Gasteiger partial charge in [0.1, 0.15) is 11.6 Å². The van der Waals surface area contributed by atoms with Crippen molar-refractivity contribution in [3.8, 4) is 11.3 Å². The molecule has 0 bridgehead atoms. The van der Waals surface area contributed by atoms with E-state index in [1.807, 2.05) is 0 Å². The highest BCUT2D eigenvalue weighted by Crippen LogP contribution is 2.23. The van der Waals surface area contributed by atoms with Gasteiger partial charge in [0.15, 0.2) is 0 Å². The average molecular weight is 329 g/mol. The zero-order valence-electron chi connectivity index (χ0n) is 12.3. The lowest BCUT2D eigenvalue weighted by Crippen LogP contribution is -2.11. The Morgan fingerprint density at radius 1 is 1.09 bits per heavy atom. The smallest absolute Gasteiger partial charge is 0.205 e. The van der Waals surface area contributed by atoms with Gasteiger partial charge in [-0.2, -0.15) is 5.10 Å². The second-order valence-electron chi connectivity index (χ2n) is 4.72. The molecular weight excluding hydrogens is 316 g/mol. The maximum absolute atomic E-state index is 14.0. The molecule has 0 amide bonds. The van der Waals surface area contributed by atoms with Crippen LogP contribution in [0.15, 0.2) is 64.0 Å². The average Bonchev–Trinajstić information content (AvgIpc) is 2.96. The van der Waals surface area contributed by atoms with E-state index >= 15 is 0 Å². The largest absolute Gasteiger partial charge is 0.261 e. The Morgan fingerprint density at radius 2 is 1.91 bits per heavy atom. The summed E-state index contributed by atoms with van der Waals surface area (Å²) in [6, 6.07) is 12.6. The van der Waals surface area contributed by atoms with Crippen molar-refractivity contribution < 1.29 is 8.78 Å². The second-order valence-corrected chi connectivity index (χ2v) is 5.55. The summed E-state index contributed by atoms with van der Waals surface area (Å²) in [6.45, 7) is 0. The van der Waals surface area contributed by atoms with Crippen LogP contribution in [0.1, 0.15) is 5.56 Å². The molecule has 23 heavy (non-hydrogen) atoms. The van der Waals surface area contributed by atoms with Crippen LogP contribution in [0.3, 0.4) is 0 Å². The lowest BCUT2D eigenvalue weighted by Gasteiger charge is -2.04. The van der Waals surface area contributed by atoms with Crippen LogP contribution in [-0.4, -0.2) is 17.9 Å². The first-order valence-electron chi connectivity index (χ1n) is 6.87. The molecule has 0 saturated carbocycles. The van der Waals surface area contributed by atoms with Gasteiger partial charge in [-0.3, -0.25) is 4.99 Å². The Labute approximate surface area is 135 Å². The van der Waals surface area contributed by atoms with E-state index in [4.69, 9.17) is 0 Å². The molecule has 0 radical (unpaired) electrons. The Kier molecular flexibility index (Phi) is 4.43. The van der Waals surface area contributed by atoms with Crippen molar-refractivity contribution in [1.29, 1.82) is 0 Å². The number of benzene rings is 2. The lowest BCUT2D eigenvalue weighted by molar-refractivity contribution is 0.627. The molecule has 0 fully saturated rings. The fourth-order valence-electron chi connectivity index (χ4n) is 2.13. The third kappa shape index (κ3) is 3.27. The summed E-state index contributed by atoms with van der Waals surface area (Å²) >= 11 is 1.36. The fraction of sp³-hybridized carbons (Fsp3) is 0.0588. The summed E-state index contributed by atoms with van der Waals surface area (Å²) in [6.07, 6.45) is 1.52. The standard InChI is InChI=1S/C17H13F2N3S/c1-20-17-22(21-10-12-5-4-6-13(18)9-12)16(11-23-17)14-7-2-3-8-15(14)19/h2-11H,1H3/b20-17?,21-10-. The van der Waals surface area contributed by atoms with Crippen molar-refractivity contribution in [3.05, 3.63) is 75.9 Å². The summed E-state index contributed by atoms with van der Waals surface area (Å²) < 4.78 is 28.8.